The number of hydrogen-bond donors (Lipinski definition) is 2. The van der Waals surface area contributed by atoms with Crippen molar-refractivity contribution < 1.29 is 33.8 Å². The summed E-state index contributed by atoms with van der Waals surface area (Å²) in [7, 11) is 0. The molecule has 0 radical (unpaired) electrons. The Hall–Kier alpha value is -1.72. The fourth-order valence-electron chi connectivity index (χ4n) is 2.40. The number of nitrogens with two attached hydrogens (primary N) is 1. The lowest BCUT2D eigenvalue weighted by Gasteiger charge is -2.43. The lowest BCUT2D eigenvalue weighted by Crippen LogP contribution is -2.60. The number of amides is 2. The molecule has 0 aromatic rings. The number of hydrogen-bond acceptors (Lipinski definition) is 9. The minimum Gasteiger partial charge on any atom is -0.427 e. The van der Waals surface area contributed by atoms with Gasteiger partial charge in [-0.3, -0.25) is 19.3 Å². The van der Waals surface area contributed by atoms with Crippen molar-refractivity contribution in [2.45, 2.75) is 39.2 Å². The van der Waals surface area contributed by atoms with Crippen molar-refractivity contribution in [3.05, 3.63) is 9.93 Å². The molecule has 3 atom stereocenters. The molecule has 0 aromatic heterocycles. The Kier molecular flexibility index (Phi) is 6.48. The number of thioether (sulfide) groups is 2. The molecule has 2 rings (SSSR count). The second kappa shape index (κ2) is 8.11. The molecule has 0 bridgehead atoms. The standard InChI is InChI=1S/C16H22N2O7S2/c1-7(19)9-11(21)18-10(14(27-12(9)18)26-5-8(17)20)13(22)24-6-25-15(23)16(2,3)4/h7,9,12,19H,5-6H2,1-4H3,(H2,17,20)/t7?,9?,12-/m1/s1. The highest BCUT2D eigenvalue weighted by molar-refractivity contribution is 8.23. The fourth-order valence-corrected chi connectivity index (χ4v) is 5.05. The third kappa shape index (κ3) is 4.58. The van der Waals surface area contributed by atoms with Crippen LogP contribution >= 0.6 is 23.5 Å². The van der Waals surface area contributed by atoms with E-state index in [-0.39, 0.29) is 11.4 Å². The van der Waals surface area contributed by atoms with Gasteiger partial charge in [-0.05, 0) is 27.7 Å². The van der Waals surface area contributed by atoms with Crippen LogP contribution in [0.15, 0.2) is 9.93 Å². The molecule has 1 saturated heterocycles. The number of ether oxygens (including phenoxy) is 2. The fraction of sp³-hybridized carbons (Fsp3) is 0.625. The highest BCUT2D eigenvalue weighted by Crippen LogP contribution is 2.53. The zero-order valence-corrected chi connectivity index (χ0v) is 17.0. The lowest BCUT2D eigenvalue weighted by molar-refractivity contribution is -0.174. The maximum atomic E-state index is 12.5. The SMILES string of the molecule is CC(O)C1C(=O)N2C(C(=O)OCOC(=O)C(C)(C)C)=C(SCC(N)=O)S[C@H]12. The number of β-lactam (4-membered cyclic amide) rings is 1. The summed E-state index contributed by atoms with van der Waals surface area (Å²) >= 11 is 2.21. The number of carbonyl (C=O) groups excluding carboxylic acids is 4. The van der Waals surface area contributed by atoms with E-state index in [1.165, 1.54) is 23.6 Å². The Morgan fingerprint density at radius 1 is 1.33 bits per heavy atom. The van der Waals surface area contributed by atoms with Crippen LogP contribution in [0.4, 0.5) is 0 Å². The second-order valence-corrected chi connectivity index (χ2v) is 9.48. The molecule has 2 unspecified atom stereocenters. The summed E-state index contributed by atoms with van der Waals surface area (Å²) in [6.45, 7) is 5.88. The van der Waals surface area contributed by atoms with Gasteiger partial charge in [0.05, 0.1) is 27.4 Å². The van der Waals surface area contributed by atoms with Crippen molar-refractivity contribution in [2.75, 3.05) is 12.5 Å². The van der Waals surface area contributed by atoms with E-state index in [0.717, 1.165) is 11.8 Å². The number of esters is 2. The van der Waals surface area contributed by atoms with E-state index in [1.807, 2.05) is 0 Å². The molecule has 9 nitrogen and oxygen atoms in total. The third-order valence-corrected chi connectivity index (χ3v) is 6.48. The van der Waals surface area contributed by atoms with E-state index >= 15 is 0 Å². The largest absolute Gasteiger partial charge is 0.427 e. The van der Waals surface area contributed by atoms with Crippen molar-refractivity contribution in [2.24, 2.45) is 17.1 Å². The summed E-state index contributed by atoms with van der Waals surface area (Å²) in [5, 5.41) is 9.31. The Bertz CT molecular complexity index is 699. The van der Waals surface area contributed by atoms with Crippen molar-refractivity contribution >= 4 is 47.3 Å². The molecule has 0 aromatic carbocycles. The summed E-state index contributed by atoms with van der Waals surface area (Å²) in [6.07, 6.45) is -0.878. The van der Waals surface area contributed by atoms with Gasteiger partial charge in [-0.25, -0.2) is 4.79 Å². The van der Waals surface area contributed by atoms with E-state index in [0.29, 0.717) is 4.24 Å². The quantitative estimate of drug-likeness (QED) is 0.341. The first-order valence-electron chi connectivity index (χ1n) is 8.12. The van der Waals surface area contributed by atoms with Gasteiger partial charge in [-0.1, -0.05) is 11.8 Å². The van der Waals surface area contributed by atoms with Crippen molar-refractivity contribution in [3.8, 4) is 0 Å². The molecule has 27 heavy (non-hydrogen) atoms. The maximum absolute atomic E-state index is 12.5. The van der Waals surface area contributed by atoms with Gasteiger partial charge < -0.3 is 20.3 Å². The van der Waals surface area contributed by atoms with E-state index in [1.54, 1.807) is 20.8 Å². The van der Waals surface area contributed by atoms with Crippen molar-refractivity contribution in [1.82, 2.24) is 4.90 Å². The summed E-state index contributed by atoms with van der Waals surface area (Å²) < 4.78 is 10.3. The molecule has 1 fully saturated rings. The highest BCUT2D eigenvalue weighted by atomic mass is 32.2. The van der Waals surface area contributed by atoms with E-state index < -0.39 is 53.4 Å². The molecule has 2 aliphatic rings. The van der Waals surface area contributed by atoms with Crippen molar-refractivity contribution in [1.29, 1.82) is 0 Å². The summed E-state index contributed by atoms with van der Waals surface area (Å²) in [5.74, 6) is -3.10. The minimum atomic E-state index is -0.878. The Balaban J connectivity index is 2.10. The average Bonchev–Trinajstić information content (AvgIpc) is 2.85. The molecule has 3 N–H and O–H groups in total. The van der Waals surface area contributed by atoms with Gasteiger partial charge >= 0.3 is 11.9 Å². The summed E-state index contributed by atoms with van der Waals surface area (Å²) in [5.41, 5.74) is 4.38. The first-order chi connectivity index (χ1) is 12.4. The molecule has 0 spiro atoms. The van der Waals surface area contributed by atoms with E-state index in [2.05, 4.69) is 0 Å². The van der Waals surface area contributed by atoms with Crippen LogP contribution in [0.2, 0.25) is 0 Å². The van der Waals surface area contributed by atoms with Crippen LogP contribution in [0, 0.1) is 11.3 Å². The van der Waals surface area contributed by atoms with Crippen LogP contribution in [-0.2, 0) is 28.7 Å². The third-order valence-electron chi connectivity index (χ3n) is 3.80. The van der Waals surface area contributed by atoms with Crippen LogP contribution in [0.25, 0.3) is 0 Å². The zero-order chi connectivity index (χ0) is 20.5. The molecule has 11 heteroatoms. The number of rotatable bonds is 7. The number of nitrogens with zero attached hydrogens (tertiary/aromatic N) is 1. The van der Waals surface area contributed by atoms with Crippen molar-refractivity contribution in [3.63, 3.8) is 0 Å². The average molecular weight is 418 g/mol. The Labute approximate surface area is 165 Å². The van der Waals surface area contributed by atoms with Crippen LogP contribution in [0.5, 0.6) is 0 Å². The van der Waals surface area contributed by atoms with Gasteiger partial charge in [0.1, 0.15) is 5.37 Å². The smallest absolute Gasteiger partial charge is 0.359 e. The van der Waals surface area contributed by atoms with Gasteiger partial charge in [0, 0.05) is 0 Å². The van der Waals surface area contributed by atoms with Gasteiger partial charge in [-0.15, -0.1) is 11.8 Å². The van der Waals surface area contributed by atoms with Gasteiger partial charge in [-0.2, -0.15) is 0 Å². The topological polar surface area (TPSA) is 136 Å². The molecule has 0 saturated carbocycles. The monoisotopic (exact) mass is 418 g/mol. The van der Waals surface area contributed by atoms with Gasteiger partial charge in [0.2, 0.25) is 18.6 Å². The first-order valence-corrected chi connectivity index (χ1v) is 9.99. The highest BCUT2D eigenvalue weighted by Gasteiger charge is 2.58. The molecule has 150 valence electrons. The number of fused-ring (bicyclic) bond motifs is 1. The predicted octanol–water partition coefficient (Wildman–Crippen LogP) is 0.376. The van der Waals surface area contributed by atoms with Crippen LogP contribution in [-0.4, -0.2) is 57.8 Å². The Morgan fingerprint density at radius 2 is 1.96 bits per heavy atom. The number of primary amides is 1. The normalized spacial score (nSPS) is 22.9. The summed E-state index contributed by atoms with van der Waals surface area (Å²) in [6, 6.07) is 0. The number of aliphatic hydroxyl groups excluding tert-OH is 1. The minimum absolute atomic E-state index is 0.0232. The molecule has 2 aliphatic heterocycles. The zero-order valence-electron chi connectivity index (χ0n) is 15.4. The van der Waals surface area contributed by atoms with E-state index in [4.69, 9.17) is 15.2 Å². The van der Waals surface area contributed by atoms with Crippen LogP contribution in [0.3, 0.4) is 0 Å². The van der Waals surface area contributed by atoms with Crippen LogP contribution < -0.4 is 5.73 Å². The van der Waals surface area contributed by atoms with Gasteiger partial charge in [0.15, 0.2) is 5.70 Å². The molecular weight excluding hydrogens is 396 g/mol. The summed E-state index contributed by atoms with van der Waals surface area (Å²) in [4.78, 5) is 48.8. The second-order valence-electron chi connectivity index (χ2n) is 7.11. The number of aliphatic hydroxyl groups is 1. The van der Waals surface area contributed by atoms with Gasteiger partial charge in [0.25, 0.3) is 0 Å². The molecule has 2 heterocycles. The molecule has 2 amide bonds. The maximum Gasteiger partial charge on any atom is 0.359 e. The first kappa shape index (κ1) is 21.6. The molecule has 0 aliphatic carbocycles. The lowest BCUT2D eigenvalue weighted by atomic mass is 9.92. The Morgan fingerprint density at radius 3 is 2.48 bits per heavy atom. The predicted molar refractivity (Wildman–Crippen MR) is 98.6 cm³/mol. The molecular formula is C16H22N2O7S2. The number of carbonyl (C=O) groups is 4. The van der Waals surface area contributed by atoms with Crippen LogP contribution in [0.1, 0.15) is 27.7 Å². The van der Waals surface area contributed by atoms with E-state index in [9.17, 15) is 24.3 Å².